The van der Waals surface area contributed by atoms with Gasteiger partial charge in [-0.3, -0.25) is 4.79 Å². The molecule has 0 aliphatic carbocycles. The highest BCUT2D eigenvalue weighted by atomic mass is 16.7. The molecule has 1 saturated heterocycles. The summed E-state index contributed by atoms with van der Waals surface area (Å²) in [6.45, 7) is -0.184. The molecular formula is C33H32O7. The first-order chi connectivity index (χ1) is 19.5. The summed E-state index contributed by atoms with van der Waals surface area (Å²) >= 11 is 0. The van der Waals surface area contributed by atoms with Gasteiger partial charge in [0.15, 0.2) is 0 Å². The summed E-state index contributed by atoms with van der Waals surface area (Å²) in [6, 6.07) is 38.1. The Morgan fingerprint density at radius 3 is 1.57 bits per heavy atom. The number of hydrogen-bond donors (Lipinski definition) is 3. The number of benzene rings is 4. The molecule has 1 heterocycles. The Labute approximate surface area is 233 Å². The Morgan fingerprint density at radius 1 is 0.650 bits per heavy atom. The SMILES string of the molecule is O=C(Cc1ccccc1)O[C@@H]1O[C@H](COC(c2ccccc2)(c2ccccc2)c2ccccc2)[C@@H](O)[C@H](O)[C@H]1O. The second-order valence-corrected chi connectivity index (χ2v) is 9.76. The minimum Gasteiger partial charge on any atom is -0.432 e. The summed E-state index contributed by atoms with van der Waals surface area (Å²) in [6.07, 6.45) is -7.36. The van der Waals surface area contributed by atoms with Gasteiger partial charge in [-0.05, 0) is 22.3 Å². The number of aliphatic hydroxyl groups excluding tert-OH is 3. The van der Waals surface area contributed by atoms with Crippen molar-refractivity contribution in [2.75, 3.05) is 6.61 Å². The third-order valence-electron chi connectivity index (χ3n) is 7.11. The Kier molecular flexibility index (Phi) is 8.69. The molecule has 1 fully saturated rings. The third-order valence-corrected chi connectivity index (χ3v) is 7.11. The van der Waals surface area contributed by atoms with Gasteiger partial charge in [-0.2, -0.15) is 0 Å². The zero-order chi connectivity index (χ0) is 28.0. The van der Waals surface area contributed by atoms with Gasteiger partial charge in [-0.1, -0.05) is 121 Å². The van der Waals surface area contributed by atoms with Crippen LogP contribution in [0.4, 0.5) is 0 Å². The van der Waals surface area contributed by atoms with Gasteiger partial charge in [-0.25, -0.2) is 0 Å². The first kappa shape index (κ1) is 27.7. The van der Waals surface area contributed by atoms with E-state index in [1.54, 1.807) is 24.3 Å². The standard InChI is InChI=1S/C33H32O7/c34-28(21-23-13-5-1-6-14-23)40-32-31(37)30(36)29(35)27(39-32)22-38-33(24-15-7-2-8-16-24,25-17-9-3-10-18-25)26-19-11-4-12-20-26/h1-20,27,29-32,35-37H,21-22H2/t27-,29-,30+,31-,32+/m1/s1. The lowest BCUT2D eigenvalue weighted by Crippen LogP contribution is -2.60. The van der Waals surface area contributed by atoms with E-state index in [4.69, 9.17) is 14.2 Å². The van der Waals surface area contributed by atoms with Crippen LogP contribution in [-0.4, -0.2) is 58.6 Å². The summed E-state index contributed by atoms with van der Waals surface area (Å²) in [7, 11) is 0. The zero-order valence-corrected chi connectivity index (χ0v) is 21.8. The predicted molar refractivity (Wildman–Crippen MR) is 148 cm³/mol. The molecule has 7 nitrogen and oxygen atoms in total. The number of carbonyl (C=O) groups is 1. The Morgan fingerprint density at radius 2 is 1.10 bits per heavy atom. The summed E-state index contributed by atoms with van der Waals surface area (Å²) in [5.41, 5.74) is 2.20. The Bertz CT molecular complexity index is 1250. The van der Waals surface area contributed by atoms with Crippen molar-refractivity contribution in [3.05, 3.63) is 144 Å². The van der Waals surface area contributed by atoms with Gasteiger partial charge >= 0.3 is 5.97 Å². The lowest BCUT2D eigenvalue weighted by molar-refractivity contribution is -0.297. The lowest BCUT2D eigenvalue weighted by atomic mass is 9.80. The van der Waals surface area contributed by atoms with Crippen LogP contribution < -0.4 is 0 Å². The van der Waals surface area contributed by atoms with Crippen LogP contribution in [0.1, 0.15) is 22.3 Å². The normalized spacial score (nSPS) is 22.9. The third kappa shape index (κ3) is 5.84. The summed E-state index contributed by atoms with van der Waals surface area (Å²) in [5.74, 6) is -0.634. The van der Waals surface area contributed by atoms with E-state index in [2.05, 4.69) is 0 Å². The zero-order valence-electron chi connectivity index (χ0n) is 21.8. The van der Waals surface area contributed by atoms with Crippen molar-refractivity contribution in [1.29, 1.82) is 0 Å². The topological polar surface area (TPSA) is 105 Å². The van der Waals surface area contributed by atoms with Crippen LogP contribution >= 0.6 is 0 Å². The van der Waals surface area contributed by atoms with Gasteiger partial charge in [0.2, 0.25) is 6.29 Å². The quantitative estimate of drug-likeness (QED) is 0.220. The minimum absolute atomic E-state index is 0.0353. The monoisotopic (exact) mass is 540 g/mol. The van der Waals surface area contributed by atoms with E-state index in [0.29, 0.717) is 0 Å². The van der Waals surface area contributed by atoms with Gasteiger partial charge in [-0.15, -0.1) is 0 Å². The fourth-order valence-electron chi connectivity index (χ4n) is 5.06. The van der Waals surface area contributed by atoms with Gasteiger partial charge in [0, 0.05) is 0 Å². The van der Waals surface area contributed by atoms with Crippen molar-refractivity contribution < 1.29 is 34.3 Å². The molecule has 0 saturated carbocycles. The number of rotatable bonds is 9. The molecule has 3 N–H and O–H groups in total. The van der Waals surface area contributed by atoms with Crippen LogP contribution in [0.2, 0.25) is 0 Å². The largest absolute Gasteiger partial charge is 0.432 e. The molecule has 7 heteroatoms. The molecular weight excluding hydrogens is 508 g/mol. The molecule has 206 valence electrons. The number of carbonyl (C=O) groups excluding carboxylic acids is 1. The fraction of sp³-hybridized carbons (Fsp3) is 0.242. The summed E-state index contributed by atoms with van der Waals surface area (Å²) < 4.78 is 18.0. The highest BCUT2D eigenvalue weighted by Crippen LogP contribution is 2.41. The number of ether oxygens (including phenoxy) is 3. The van der Waals surface area contributed by atoms with E-state index in [0.717, 1.165) is 22.3 Å². The molecule has 0 radical (unpaired) electrons. The molecule has 0 amide bonds. The van der Waals surface area contributed by atoms with E-state index in [1.807, 2.05) is 97.1 Å². The maximum Gasteiger partial charge on any atom is 0.312 e. The van der Waals surface area contributed by atoms with Crippen LogP contribution in [0.15, 0.2) is 121 Å². The van der Waals surface area contributed by atoms with Crippen molar-refractivity contribution >= 4 is 5.97 Å². The summed E-state index contributed by atoms with van der Waals surface area (Å²) in [5, 5.41) is 32.0. The maximum absolute atomic E-state index is 12.6. The van der Waals surface area contributed by atoms with Gasteiger partial charge in [0.25, 0.3) is 0 Å². The molecule has 1 aliphatic heterocycles. The van der Waals surface area contributed by atoms with Gasteiger partial charge < -0.3 is 29.5 Å². The average molecular weight is 541 g/mol. The number of aliphatic hydroxyl groups is 3. The minimum atomic E-state index is -1.63. The molecule has 5 atom stereocenters. The molecule has 0 aromatic heterocycles. The first-order valence-corrected chi connectivity index (χ1v) is 13.2. The molecule has 0 spiro atoms. The number of esters is 1. The van der Waals surface area contributed by atoms with Crippen LogP contribution in [0.5, 0.6) is 0 Å². The summed E-state index contributed by atoms with van der Waals surface area (Å²) in [4.78, 5) is 12.6. The van der Waals surface area contributed by atoms with Crippen LogP contribution in [0.3, 0.4) is 0 Å². The molecule has 40 heavy (non-hydrogen) atoms. The number of hydrogen-bond acceptors (Lipinski definition) is 7. The molecule has 4 aromatic rings. The van der Waals surface area contributed by atoms with Crippen molar-refractivity contribution in [3.8, 4) is 0 Å². The highest BCUT2D eigenvalue weighted by Gasteiger charge is 2.47. The molecule has 0 unspecified atom stereocenters. The molecule has 4 aromatic carbocycles. The van der Waals surface area contributed by atoms with Crippen molar-refractivity contribution in [2.24, 2.45) is 0 Å². The van der Waals surface area contributed by atoms with Crippen molar-refractivity contribution in [2.45, 2.75) is 42.7 Å². The first-order valence-electron chi connectivity index (χ1n) is 13.2. The van der Waals surface area contributed by atoms with Crippen molar-refractivity contribution in [1.82, 2.24) is 0 Å². The van der Waals surface area contributed by atoms with E-state index >= 15 is 0 Å². The molecule has 1 aliphatic rings. The Balaban J connectivity index is 1.42. The van der Waals surface area contributed by atoms with E-state index < -0.39 is 42.3 Å². The highest BCUT2D eigenvalue weighted by molar-refractivity contribution is 5.72. The van der Waals surface area contributed by atoms with Crippen LogP contribution in [0, 0.1) is 0 Å². The average Bonchev–Trinajstić information content (AvgIpc) is 3.00. The van der Waals surface area contributed by atoms with E-state index in [1.165, 1.54) is 0 Å². The second kappa shape index (κ2) is 12.6. The second-order valence-electron chi connectivity index (χ2n) is 9.76. The lowest BCUT2D eigenvalue weighted by Gasteiger charge is -2.42. The van der Waals surface area contributed by atoms with Crippen molar-refractivity contribution in [3.63, 3.8) is 0 Å². The van der Waals surface area contributed by atoms with Gasteiger partial charge in [0.05, 0.1) is 13.0 Å². The van der Waals surface area contributed by atoms with E-state index in [9.17, 15) is 20.1 Å². The molecule has 0 bridgehead atoms. The Hall–Kier alpha value is -3.85. The van der Waals surface area contributed by atoms with Gasteiger partial charge in [0.1, 0.15) is 30.0 Å². The smallest absolute Gasteiger partial charge is 0.312 e. The van der Waals surface area contributed by atoms with Crippen LogP contribution in [0.25, 0.3) is 0 Å². The predicted octanol–water partition coefficient (Wildman–Crippen LogP) is 3.59. The van der Waals surface area contributed by atoms with E-state index in [-0.39, 0.29) is 13.0 Å². The maximum atomic E-state index is 12.6. The fourth-order valence-corrected chi connectivity index (χ4v) is 5.06. The molecule has 5 rings (SSSR count). The van der Waals surface area contributed by atoms with Crippen LogP contribution in [-0.2, 0) is 31.0 Å².